The first-order valence-corrected chi connectivity index (χ1v) is 12.0. The third-order valence-corrected chi connectivity index (χ3v) is 6.63. The minimum Gasteiger partial charge on any atom is -0.461 e. The number of thioether (sulfide) groups is 1. The van der Waals surface area contributed by atoms with Crippen molar-refractivity contribution in [2.75, 3.05) is 31.2 Å². The van der Waals surface area contributed by atoms with Gasteiger partial charge in [-0.3, -0.25) is 0 Å². The Bertz CT molecular complexity index is 825. The fourth-order valence-electron chi connectivity index (χ4n) is 2.65. The summed E-state index contributed by atoms with van der Waals surface area (Å²) in [4.78, 5) is 15.2. The monoisotopic (exact) mass is 414 g/mol. The summed E-state index contributed by atoms with van der Waals surface area (Å²) in [6, 6.07) is 7.02. The Kier molecular flexibility index (Phi) is 9.90. The van der Waals surface area contributed by atoms with E-state index in [4.69, 9.17) is 4.74 Å². The predicted octanol–water partition coefficient (Wildman–Crippen LogP) is 4.13. The van der Waals surface area contributed by atoms with Crippen LogP contribution in [-0.4, -0.2) is 54.9 Å². The molecular weight excluding hydrogens is 384 g/mol. The lowest BCUT2D eigenvalue weighted by atomic mass is 10.2. The number of nitrogens with zero attached hydrogens (tertiary/aromatic N) is 1. The van der Waals surface area contributed by atoms with E-state index >= 15 is 0 Å². The maximum atomic E-state index is 13.1. The Morgan fingerprint density at radius 3 is 2.33 bits per heavy atom. The van der Waals surface area contributed by atoms with E-state index < -0.39 is 16.0 Å². The third kappa shape index (κ3) is 5.27. The summed E-state index contributed by atoms with van der Waals surface area (Å²) in [5.41, 5.74) is 0.617. The number of aromatic amines is 1. The maximum Gasteiger partial charge on any atom is 0.356 e. The Morgan fingerprint density at radius 2 is 1.74 bits per heavy atom. The van der Waals surface area contributed by atoms with Crippen LogP contribution in [0.2, 0.25) is 0 Å². The molecule has 2 aromatic rings. The van der Waals surface area contributed by atoms with Gasteiger partial charge < -0.3 is 9.72 Å². The number of carbonyl (C=O) groups is 1. The number of hydrogen-bond donors (Lipinski definition) is 1. The largest absolute Gasteiger partial charge is 0.461 e. The van der Waals surface area contributed by atoms with Crippen molar-refractivity contribution in [3.63, 3.8) is 0 Å². The zero-order chi connectivity index (χ0) is 20.4. The molecule has 2 heterocycles. The highest BCUT2D eigenvalue weighted by Crippen LogP contribution is 2.31. The molecule has 1 fully saturated rings. The lowest BCUT2D eigenvalue weighted by Crippen LogP contribution is -2.38. The van der Waals surface area contributed by atoms with Crippen molar-refractivity contribution in [1.29, 1.82) is 0 Å². The second-order valence-corrected chi connectivity index (χ2v) is 8.21. The molecule has 1 saturated heterocycles. The van der Waals surface area contributed by atoms with Crippen molar-refractivity contribution in [3.8, 4) is 0 Å². The lowest BCUT2D eigenvalue weighted by Gasteiger charge is -2.25. The number of carbonyl (C=O) groups excluding carboxylic acids is 1. The van der Waals surface area contributed by atoms with Crippen LogP contribution in [0.1, 0.15) is 45.1 Å². The van der Waals surface area contributed by atoms with Gasteiger partial charge in [-0.15, -0.1) is 0 Å². The average molecular weight is 415 g/mol. The highest BCUT2D eigenvalue weighted by Gasteiger charge is 2.34. The minimum absolute atomic E-state index is 0.00581. The quantitative estimate of drug-likeness (QED) is 0.761. The third-order valence-electron chi connectivity index (χ3n) is 3.71. The number of rotatable bonds is 4. The number of H-pyrrole nitrogens is 1. The van der Waals surface area contributed by atoms with Crippen LogP contribution >= 0.6 is 11.8 Å². The molecule has 1 N–H and O–H groups in total. The first-order chi connectivity index (χ1) is 13.1. The Labute approximate surface area is 166 Å². The molecule has 1 aromatic carbocycles. The second kappa shape index (κ2) is 11.4. The second-order valence-electron chi connectivity index (χ2n) is 5.11. The van der Waals surface area contributed by atoms with Gasteiger partial charge in [0.05, 0.1) is 6.61 Å². The lowest BCUT2D eigenvalue weighted by molar-refractivity contribution is 0.0516. The molecule has 0 unspecified atom stereocenters. The average Bonchev–Trinajstić information content (AvgIpc) is 3.12. The van der Waals surface area contributed by atoms with Gasteiger partial charge in [0.15, 0.2) is 0 Å². The van der Waals surface area contributed by atoms with E-state index in [1.54, 1.807) is 43.0 Å². The van der Waals surface area contributed by atoms with E-state index in [0.717, 1.165) is 11.5 Å². The molecular formula is C19H30N2O4S2. The van der Waals surface area contributed by atoms with Crippen molar-refractivity contribution in [1.82, 2.24) is 9.29 Å². The van der Waals surface area contributed by atoms with E-state index in [1.165, 1.54) is 4.31 Å². The standard InChI is InChI=1S/C15H18N2O4S2.2C2H6/c1-2-21-15(18)13-14(11-5-3-4-6-12(11)16-13)23(19,20)17-7-9-22-10-8-17;2*1-2/h3-6,16H,2,7-10H2,1H3;2*1-2H3. The van der Waals surface area contributed by atoms with E-state index in [9.17, 15) is 13.2 Å². The molecule has 1 aliphatic heterocycles. The Hall–Kier alpha value is -1.51. The molecule has 27 heavy (non-hydrogen) atoms. The van der Waals surface area contributed by atoms with Crippen LogP contribution in [-0.2, 0) is 14.8 Å². The van der Waals surface area contributed by atoms with Crippen LogP contribution < -0.4 is 0 Å². The van der Waals surface area contributed by atoms with Crippen molar-refractivity contribution in [2.45, 2.75) is 39.5 Å². The molecule has 1 aromatic heterocycles. The van der Waals surface area contributed by atoms with Crippen molar-refractivity contribution >= 4 is 38.7 Å². The SMILES string of the molecule is CC.CC.CCOC(=O)c1[nH]c2ccccc2c1S(=O)(=O)N1CCSCC1. The molecule has 0 bridgehead atoms. The predicted molar refractivity (Wildman–Crippen MR) is 113 cm³/mol. The number of benzene rings is 1. The number of fused-ring (bicyclic) bond motifs is 1. The van der Waals surface area contributed by atoms with Crippen LogP contribution in [0.25, 0.3) is 10.9 Å². The van der Waals surface area contributed by atoms with Gasteiger partial charge in [-0.1, -0.05) is 45.9 Å². The highest BCUT2D eigenvalue weighted by molar-refractivity contribution is 7.99. The van der Waals surface area contributed by atoms with Gasteiger partial charge in [-0.2, -0.15) is 16.1 Å². The first-order valence-electron chi connectivity index (χ1n) is 9.41. The molecule has 0 aliphatic carbocycles. The smallest absolute Gasteiger partial charge is 0.356 e. The zero-order valence-corrected chi connectivity index (χ0v) is 18.4. The van der Waals surface area contributed by atoms with E-state index in [-0.39, 0.29) is 17.2 Å². The normalized spacial score (nSPS) is 14.6. The van der Waals surface area contributed by atoms with Gasteiger partial charge in [0.1, 0.15) is 10.6 Å². The van der Waals surface area contributed by atoms with Crippen LogP contribution in [0.5, 0.6) is 0 Å². The summed E-state index contributed by atoms with van der Waals surface area (Å²) < 4.78 is 32.6. The van der Waals surface area contributed by atoms with Crippen molar-refractivity contribution in [3.05, 3.63) is 30.0 Å². The highest BCUT2D eigenvalue weighted by atomic mass is 32.2. The van der Waals surface area contributed by atoms with E-state index in [0.29, 0.717) is 24.0 Å². The molecule has 3 rings (SSSR count). The van der Waals surface area contributed by atoms with Gasteiger partial charge in [-0.25, -0.2) is 13.2 Å². The number of sulfonamides is 1. The molecule has 6 nitrogen and oxygen atoms in total. The van der Waals surface area contributed by atoms with Crippen LogP contribution in [0.4, 0.5) is 0 Å². The molecule has 0 radical (unpaired) electrons. The molecule has 0 atom stereocenters. The Morgan fingerprint density at radius 1 is 1.15 bits per heavy atom. The Balaban J connectivity index is 0.000000855. The van der Waals surface area contributed by atoms with E-state index in [2.05, 4.69) is 4.98 Å². The number of aromatic nitrogens is 1. The van der Waals surface area contributed by atoms with Gasteiger partial charge in [0.25, 0.3) is 0 Å². The number of nitrogens with one attached hydrogen (secondary N) is 1. The summed E-state index contributed by atoms with van der Waals surface area (Å²) in [5.74, 6) is 0.876. The minimum atomic E-state index is -3.75. The summed E-state index contributed by atoms with van der Waals surface area (Å²) in [5, 5.41) is 0.522. The topological polar surface area (TPSA) is 79.5 Å². The van der Waals surface area contributed by atoms with Crippen LogP contribution in [0.15, 0.2) is 29.2 Å². The van der Waals surface area contributed by atoms with Crippen LogP contribution in [0, 0.1) is 0 Å². The summed E-state index contributed by atoms with van der Waals surface area (Å²) in [6.45, 7) is 10.8. The molecule has 0 spiro atoms. The van der Waals surface area contributed by atoms with Gasteiger partial charge in [0, 0.05) is 35.5 Å². The molecule has 152 valence electrons. The number of hydrogen-bond acceptors (Lipinski definition) is 5. The summed E-state index contributed by atoms with van der Waals surface area (Å²) in [7, 11) is -3.75. The number of ether oxygens (including phenoxy) is 1. The fraction of sp³-hybridized carbons (Fsp3) is 0.526. The van der Waals surface area contributed by atoms with Crippen molar-refractivity contribution < 1.29 is 17.9 Å². The first kappa shape index (κ1) is 23.5. The molecule has 0 saturated carbocycles. The maximum absolute atomic E-state index is 13.1. The molecule has 0 amide bonds. The summed E-state index contributed by atoms with van der Waals surface area (Å²) >= 11 is 1.73. The zero-order valence-electron chi connectivity index (χ0n) is 16.7. The molecule has 8 heteroatoms. The number of esters is 1. The van der Waals surface area contributed by atoms with Gasteiger partial charge in [-0.05, 0) is 13.0 Å². The van der Waals surface area contributed by atoms with E-state index in [1.807, 2.05) is 27.7 Å². The van der Waals surface area contributed by atoms with Gasteiger partial charge in [0.2, 0.25) is 10.0 Å². The van der Waals surface area contributed by atoms with Crippen LogP contribution in [0.3, 0.4) is 0 Å². The number of para-hydroxylation sites is 1. The van der Waals surface area contributed by atoms with Crippen molar-refractivity contribution in [2.24, 2.45) is 0 Å². The fourth-order valence-corrected chi connectivity index (χ4v) is 5.55. The molecule has 1 aliphatic rings. The summed E-state index contributed by atoms with van der Waals surface area (Å²) in [6.07, 6.45) is 0. The van der Waals surface area contributed by atoms with Gasteiger partial charge >= 0.3 is 5.97 Å².